The van der Waals surface area contributed by atoms with Crippen molar-refractivity contribution in [2.75, 3.05) is 29.5 Å². The van der Waals surface area contributed by atoms with Gasteiger partial charge in [-0.2, -0.15) is 11.8 Å². The summed E-state index contributed by atoms with van der Waals surface area (Å²) in [5.41, 5.74) is 7.95. The van der Waals surface area contributed by atoms with Crippen LogP contribution in [0.4, 0.5) is 5.69 Å². The van der Waals surface area contributed by atoms with Gasteiger partial charge < -0.3 is 10.6 Å². The van der Waals surface area contributed by atoms with E-state index in [1.165, 1.54) is 22.8 Å². The molecule has 2 nitrogen and oxygen atoms in total. The summed E-state index contributed by atoms with van der Waals surface area (Å²) in [5, 5.41) is 0.856. The molecule has 17 heavy (non-hydrogen) atoms. The minimum Gasteiger partial charge on any atom is -0.366 e. The minimum atomic E-state index is 0.562. The lowest BCUT2D eigenvalue weighted by Crippen LogP contribution is -2.40. The molecule has 1 fully saturated rings. The van der Waals surface area contributed by atoms with Crippen LogP contribution in [0.3, 0.4) is 0 Å². The summed E-state index contributed by atoms with van der Waals surface area (Å²) in [4.78, 5) is 2.41. The summed E-state index contributed by atoms with van der Waals surface area (Å²) in [6, 6.07) is 6.90. The third kappa shape index (κ3) is 3.09. The maximum Gasteiger partial charge on any atom is 0.0642 e. The average Bonchev–Trinajstić information content (AvgIpc) is 2.31. The third-order valence-corrected chi connectivity index (χ3v) is 4.61. The fourth-order valence-electron chi connectivity index (χ4n) is 2.19. The lowest BCUT2D eigenvalue weighted by Gasteiger charge is -2.35. The van der Waals surface area contributed by atoms with Gasteiger partial charge in [0.25, 0.3) is 0 Å². The first-order valence-corrected chi connectivity index (χ1v) is 7.58. The Balaban J connectivity index is 2.20. The van der Waals surface area contributed by atoms with E-state index in [9.17, 15) is 0 Å². The first kappa shape index (κ1) is 13.1. The second-order valence-corrected chi connectivity index (χ2v) is 6.00. The molecule has 1 heterocycles. The largest absolute Gasteiger partial charge is 0.366 e. The van der Waals surface area contributed by atoms with Gasteiger partial charge in [0.1, 0.15) is 0 Å². The molecule has 1 aliphatic heterocycles. The molecule has 0 aromatic heterocycles. The number of nitrogens with zero attached hydrogens (tertiary/aromatic N) is 1. The molecule has 1 aromatic rings. The quantitative estimate of drug-likeness (QED) is 0.916. The Kier molecular flexibility index (Phi) is 4.60. The molecule has 1 aromatic carbocycles. The van der Waals surface area contributed by atoms with Crippen LogP contribution >= 0.6 is 23.4 Å². The fourth-order valence-corrected chi connectivity index (χ4v) is 3.52. The summed E-state index contributed by atoms with van der Waals surface area (Å²) in [6.45, 7) is 4.02. The van der Waals surface area contributed by atoms with Crippen LogP contribution in [-0.2, 0) is 6.42 Å². The van der Waals surface area contributed by atoms with Gasteiger partial charge in [0, 0.05) is 24.1 Å². The van der Waals surface area contributed by atoms with Crippen LogP contribution in [0.2, 0.25) is 5.02 Å². The SMILES string of the molecule is CC1CSCCN1c1ccc(CCN)cc1Cl. The maximum absolute atomic E-state index is 6.37. The molecule has 2 N–H and O–H groups in total. The number of hydrogen-bond acceptors (Lipinski definition) is 3. The van der Waals surface area contributed by atoms with Crippen molar-refractivity contribution in [3.05, 3.63) is 28.8 Å². The molecule has 0 amide bonds. The predicted octanol–water partition coefficient (Wildman–Crippen LogP) is 2.78. The topological polar surface area (TPSA) is 29.3 Å². The molecular weight excluding hydrogens is 252 g/mol. The van der Waals surface area contributed by atoms with Crippen LogP contribution in [0.15, 0.2) is 18.2 Å². The van der Waals surface area contributed by atoms with Crippen LogP contribution in [0, 0.1) is 0 Å². The maximum atomic E-state index is 6.37. The van der Waals surface area contributed by atoms with Crippen molar-refractivity contribution >= 4 is 29.1 Å². The summed E-state index contributed by atoms with van der Waals surface area (Å²) < 4.78 is 0. The molecular formula is C13H19ClN2S. The Hall–Kier alpha value is -0.380. The average molecular weight is 271 g/mol. The van der Waals surface area contributed by atoms with E-state index in [0.29, 0.717) is 12.6 Å². The van der Waals surface area contributed by atoms with E-state index in [2.05, 4.69) is 30.0 Å². The number of rotatable bonds is 3. The minimum absolute atomic E-state index is 0.562. The van der Waals surface area contributed by atoms with Gasteiger partial charge in [-0.15, -0.1) is 0 Å². The Morgan fingerprint density at radius 1 is 1.53 bits per heavy atom. The molecule has 0 spiro atoms. The van der Waals surface area contributed by atoms with E-state index in [1.54, 1.807) is 0 Å². The molecule has 1 aliphatic rings. The van der Waals surface area contributed by atoms with Gasteiger partial charge in [0.2, 0.25) is 0 Å². The van der Waals surface area contributed by atoms with E-state index in [4.69, 9.17) is 17.3 Å². The van der Waals surface area contributed by atoms with Gasteiger partial charge in [0.15, 0.2) is 0 Å². The van der Waals surface area contributed by atoms with Crippen molar-refractivity contribution in [1.82, 2.24) is 0 Å². The van der Waals surface area contributed by atoms with Crippen molar-refractivity contribution in [1.29, 1.82) is 0 Å². The van der Waals surface area contributed by atoms with Crippen molar-refractivity contribution in [3.8, 4) is 0 Å². The Morgan fingerprint density at radius 3 is 3.00 bits per heavy atom. The smallest absolute Gasteiger partial charge is 0.0642 e. The summed E-state index contributed by atoms with van der Waals surface area (Å²) in [5.74, 6) is 2.37. The first-order valence-electron chi connectivity index (χ1n) is 6.05. The van der Waals surface area contributed by atoms with Crippen LogP contribution < -0.4 is 10.6 Å². The molecule has 1 atom stereocenters. The van der Waals surface area contributed by atoms with Crippen molar-refractivity contribution in [2.45, 2.75) is 19.4 Å². The molecule has 1 unspecified atom stereocenters. The number of nitrogens with two attached hydrogens (primary N) is 1. The van der Waals surface area contributed by atoms with Gasteiger partial charge in [-0.1, -0.05) is 17.7 Å². The fraction of sp³-hybridized carbons (Fsp3) is 0.538. The highest BCUT2D eigenvalue weighted by Crippen LogP contribution is 2.31. The normalized spacial score (nSPS) is 20.6. The summed E-state index contributed by atoms with van der Waals surface area (Å²) >= 11 is 8.39. The summed E-state index contributed by atoms with van der Waals surface area (Å²) in [7, 11) is 0. The standard InChI is InChI=1S/C13H19ClN2S/c1-10-9-17-7-6-16(10)13-3-2-11(4-5-15)8-12(13)14/h2-3,8,10H,4-7,9,15H2,1H3. The molecule has 2 rings (SSSR count). The molecule has 0 radical (unpaired) electrons. The van der Waals surface area contributed by atoms with Gasteiger partial charge in [-0.05, 0) is 37.6 Å². The van der Waals surface area contributed by atoms with Crippen LogP contribution in [-0.4, -0.2) is 30.6 Å². The molecule has 0 bridgehead atoms. The third-order valence-electron chi connectivity index (χ3n) is 3.12. The first-order chi connectivity index (χ1) is 8.22. The van der Waals surface area contributed by atoms with Gasteiger partial charge in [-0.3, -0.25) is 0 Å². The van der Waals surface area contributed by atoms with E-state index in [1.807, 2.05) is 11.8 Å². The van der Waals surface area contributed by atoms with Crippen LogP contribution in [0.25, 0.3) is 0 Å². The zero-order chi connectivity index (χ0) is 12.3. The van der Waals surface area contributed by atoms with Crippen LogP contribution in [0.1, 0.15) is 12.5 Å². The molecule has 0 aliphatic carbocycles. The van der Waals surface area contributed by atoms with E-state index >= 15 is 0 Å². The Labute approximate surface area is 113 Å². The second-order valence-electron chi connectivity index (χ2n) is 4.44. The lowest BCUT2D eigenvalue weighted by molar-refractivity contribution is 0.700. The van der Waals surface area contributed by atoms with Crippen molar-refractivity contribution in [3.63, 3.8) is 0 Å². The van der Waals surface area contributed by atoms with Gasteiger partial charge in [-0.25, -0.2) is 0 Å². The molecule has 1 saturated heterocycles. The number of halogens is 1. The van der Waals surface area contributed by atoms with E-state index in [0.717, 1.165) is 18.0 Å². The lowest BCUT2D eigenvalue weighted by atomic mass is 10.1. The zero-order valence-electron chi connectivity index (χ0n) is 10.2. The number of thioether (sulfide) groups is 1. The second kappa shape index (κ2) is 5.98. The van der Waals surface area contributed by atoms with E-state index < -0.39 is 0 Å². The van der Waals surface area contributed by atoms with Gasteiger partial charge >= 0.3 is 0 Å². The van der Waals surface area contributed by atoms with Crippen molar-refractivity contribution < 1.29 is 0 Å². The van der Waals surface area contributed by atoms with Crippen molar-refractivity contribution in [2.24, 2.45) is 5.73 Å². The monoisotopic (exact) mass is 270 g/mol. The molecule has 94 valence electrons. The predicted molar refractivity (Wildman–Crippen MR) is 78.3 cm³/mol. The molecule has 0 saturated carbocycles. The Morgan fingerprint density at radius 2 is 2.35 bits per heavy atom. The van der Waals surface area contributed by atoms with E-state index in [-0.39, 0.29) is 0 Å². The molecule has 4 heteroatoms. The van der Waals surface area contributed by atoms with Crippen LogP contribution in [0.5, 0.6) is 0 Å². The number of hydrogen-bond donors (Lipinski definition) is 1. The highest BCUT2D eigenvalue weighted by molar-refractivity contribution is 7.99. The number of benzene rings is 1. The number of anilines is 1. The zero-order valence-corrected chi connectivity index (χ0v) is 11.7. The summed E-state index contributed by atoms with van der Waals surface area (Å²) in [6.07, 6.45) is 0.894. The highest BCUT2D eigenvalue weighted by atomic mass is 35.5. The highest BCUT2D eigenvalue weighted by Gasteiger charge is 2.20. The van der Waals surface area contributed by atoms with Gasteiger partial charge in [0.05, 0.1) is 10.7 Å². The Bertz CT molecular complexity index is 384.